The second-order valence-corrected chi connectivity index (χ2v) is 5.25. The molecule has 20 heavy (non-hydrogen) atoms. The monoisotopic (exact) mass is 295 g/mol. The number of hydrogen-bond acceptors (Lipinski definition) is 5. The third-order valence-electron chi connectivity index (χ3n) is 3.15. The summed E-state index contributed by atoms with van der Waals surface area (Å²) >= 11 is 0. The molecule has 0 atom stereocenters. The van der Waals surface area contributed by atoms with Crippen LogP contribution in [0.3, 0.4) is 0 Å². The second-order valence-electron chi connectivity index (χ2n) is 5.25. The van der Waals surface area contributed by atoms with E-state index in [-0.39, 0.29) is 36.1 Å². The van der Waals surface area contributed by atoms with Crippen LogP contribution in [0.5, 0.6) is 0 Å². The molecule has 0 fully saturated rings. The van der Waals surface area contributed by atoms with Gasteiger partial charge in [0, 0.05) is 13.1 Å². The molecule has 0 aliphatic heterocycles. The van der Waals surface area contributed by atoms with Crippen molar-refractivity contribution in [3.8, 4) is 0 Å². The van der Waals surface area contributed by atoms with Crippen LogP contribution in [0.25, 0.3) is 0 Å². The first-order valence-corrected chi connectivity index (χ1v) is 7.49. The SMILES string of the molecule is CCCCCCCCCCN(CC(=O)[O-])CC(N)N.[Na+]. The van der Waals surface area contributed by atoms with Gasteiger partial charge in [0.05, 0.1) is 12.1 Å². The molecule has 0 aromatic carbocycles. The fourth-order valence-electron chi connectivity index (χ4n) is 2.18. The van der Waals surface area contributed by atoms with E-state index in [0.717, 1.165) is 19.4 Å². The van der Waals surface area contributed by atoms with E-state index in [1.807, 2.05) is 0 Å². The Morgan fingerprint density at radius 1 is 1.05 bits per heavy atom. The van der Waals surface area contributed by atoms with Crippen molar-refractivity contribution >= 4 is 5.97 Å². The molecule has 0 amide bonds. The maximum absolute atomic E-state index is 10.6. The minimum Gasteiger partial charge on any atom is -0.549 e. The largest absolute Gasteiger partial charge is 1.00 e. The van der Waals surface area contributed by atoms with E-state index >= 15 is 0 Å². The molecule has 0 radical (unpaired) electrons. The molecule has 4 N–H and O–H groups in total. The summed E-state index contributed by atoms with van der Waals surface area (Å²) in [5, 5.41) is 10.6. The zero-order valence-electron chi connectivity index (χ0n) is 13.3. The molecule has 0 aliphatic carbocycles. The minimum atomic E-state index is -1.07. The quantitative estimate of drug-likeness (QED) is 0.221. The maximum Gasteiger partial charge on any atom is 1.00 e. The molecule has 0 rings (SSSR count). The Morgan fingerprint density at radius 3 is 2.00 bits per heavy atom. The molecular formula is C14H30N3NaO2. The van der Waals surface area contributed by atoms with Gasteiger partial charge in [0.15, 0.2) is 0 Å². The molecule has 0 heterocycles. The summed E-state index contributed by atoms with van der Waals surface area (Å²) in [4.78, 5) is 12.4. The number of carboxylic acid groups (broad SMARTS) is 1. The van der Waals surface area contributed by atoms with Crippen molar-refractivity contribution in [3.05, 3.63) is 0 Å². The van der Waals surface area contributed by atoms with Gasteiger partial charge in [-0.25, -0.2) is 0 Å². The first-order chi connectivity index (χ1) is 9.06. The molecule has 0 spiro atoms. The van der Waals surface area contributed by atoms with Crippen LogP contribution in [0, 0.1) is 0 Å². The van der Waals surface area contributed by atoms with Gasteiger partial charge in [-0.05, 0) is 13.0 Å². The van der Waals surface area contributed by atoms with Crippen molar-refractivity contribution in [2.75, 3.05) is 19.6 Å². The van der Waals surface area contributed by atoms with Crippen LogP contribution in [0.2, 0.25) is 0 Å². The summed E-state index contributed by atoms with van der Waals surface area (Å²) in [7, 11) is 0. The van der Waals surface area contributed by atoms with Gasteiger partial charge in [0.2, 0.25) is 0 Å². The normalized spacial score (nSPS) is 10.8. The summed E-state index contributed by atoms with van der Waals surface area (Å²) in [5.41, 5.74) is 11.0. The second kappa shape index (κ2) is 15.7. The van der Waals surface area contributed by atoms with Crippen molar-refractivity contribution in [2.45, 2.75) is 64.5 Å². The Bertz CT molecular complexity index is 228. The van der Waals surface area contributed by atoms with E-state index in [1.54, 1.807) is 4.90 Å². The van der Waals surface area contributed by atoms with Gasteiger partial charge in [0.25, 0.3) is 0 Å². The topological polar surface area (TPSA) is 95.4 Å². The van der Waals surface area contributed by atoms with Gasteiger partial charge in [-0.3, -0.25) is 4.90 Å². The number of nitrogens with zero attached hydrogens (tertiary/aromatic N) is 1. The average molecular weight is 295 g/mol. The molecule has 0 unspecified atom stereocenters. The smallest absolute Gasteiger partial charge is 0.549 e. The molecule has 0 aromatic heterocycles. The van der Waals surface area contributed by atoms with Crippen LogP contribution in [0.15, 0.2) is 0 Å². The summed E-state index contributed by atoms with van der Waals surface area (Å²) < 4.78 is 0. The number of rotatable bonds is 13. The fraction of sp³-hybridized carbons (Fsp3) is 0.929. The summed E-state index contributed by atoms with van der Waals surface area (Å²) in [6.07, 6.45) is 9.37. The Kier molecular flexibility index (Phi) is 17.8. The molecule has 0 saturated heterocycles. The van der Waals surface area contributed by atoms with Gasteiger partial charge in [-0.2, -0.15) is 0 Å². The molecule has 5 nitrogen and oxygen atoms in total. The van der Waals surface area contributed by atoms with Crippen molar-refractivity contribution in [3.63, 3.8) is 0 Å². The van der Waals surface area contributed by atoms with Crippen LogP contribution in [-0.2, 0) is 4.79 Å². The average Bonchev–Trinajstić information content (AvgIpc) is 2.30. The first-order valence-electron chi connectivity index (χ1n) is 7.49. The van der Waals surface area contributed by atoms with Crippen LogP contribution in [-0.4, -0.2) is 36.7 Å². The number of carbonyl (C=O) groups is 1. The number of nitrogens with two attached hydrogens (primary N) is 2. The first kappa shape index (κ1) is 22.6. The van der Waals surface area contributed by atoms with Crippen molar-refractivity contribution in [1.29, 1.82) is 0 Å². The maximum atomic E-state index is 10.6. The van der Waals surface area contributed by atoms with Crippen molar-refractivity contribution in [2.24, 2.45) is 11.5 Å². The number of hydrogen-bond donors (Lipinski definition) is 2. The van der Waals surface area contributed by atoms with Crippen molar-refractivity contribution in [1.82, 2.24) is 4.90 Å². The minimum absolute atomic E-state index is 0. The summed E-state index contributed by atoms with van der Waals surface area (Å²) in [5.74, 6) is -1.07. The Morgan fingerprint density at radius 2 is 1.55 bits per heavy atom. The predicted octanol–water partition coefficient (Wildman–Crippen LogP) is -2.57. The number of carboxylic acids is 1. The Hall–Kier alpha value is 0.350. The van der Waals surface area contributed by atoms with Gasteiger partial charge < -0.3 is 21.4 Å². The Balaban J connectivity index is 0. The fourth-order valence-corrected chi connectivity index (χ4v) is 2.18. The number of aliphatic carboxylic acids is 1. The van der Waals surface area contributed by atoms with Crippen molar-refractivity contribution < 1.29 is 39.5 Å². The third kappa shape index (κ3) is 16.4. The number of unbranched alkanes of at least 4 members (excludes halogenated alkanes) is 7. The van der Waals surface area contributed by atoms with E-state index in [9.17, 15) is 9.90 Å². The third-order valence-corrected chi connectivity index (χ3v) is 3.15. The molecule has 0 saturated carbocycles. The zero-order chi connectivity index (χ0) is 14.5. The molecule has 6 heteroatoms. The van der Waals surface area contributed by atoms with Gasteiger partial charge in [-0.1, -0.05) is 51.9 Å². The molecular weight excluding hydrogens is 265 g/mol. The summed E-state index contributed by atoms with van der Waals surface area (Å²) in [6.45, 7) is 3.27. The molecule has 114 valence electrons. The predicted molar refractivity (Wildman–Crippen MR) is 76.2 cm³/mol. The van der Waals surface area contributed by atoms with Crippen LogP contribution < -0.4 is 46.1 Å². The van der Waals surface area contributed by atoms with Gasteiger partial charge in [-0.15, -0.1) is 0 Å². The molecule has 0 aliphatic rings. The molecule has 0 aromatic rings. The number of carbonyl (C=O) groups excluding carboxylic acids is 1. The van der Waals surface area contributed by atoms with E-state index < -0.39 is 12.1 Å². The van der Waals surface area contributed by atoms with Crippen LogP contribution in [0.1, 0.15) is 58.3 Å². The van der Waals surface area contributed by atoms with E-state index in [1.165, 1.54) is 38.5 Å². The zero-order valence-corrected chi connectivity index (χ0v) is 15.3. The van der Waals surface area contributed by atoms with E-state index in [2.05, 4.69) is 6.92 Å². The van der Waals surface area contributed by atoms with Gasteiger partial charge >= 0.3 is 29.6 Å². The van der Waals surface area contributed by atoms with Gasteiger partial charge in [0.1, 0.15) is 0 Å². The van der Waals surface area contributed by atoms with E-state index in [4.69, 9.17) is 11.5 Å². The Labute approximate surface area is 145 Å². The van der Waals surface area contributed by atoms with Crippen LogP contribution in [0.4, 0.5) is 0 Å². The standard InChI is InChI=1S/C14H31N3O2.Na/c1-2-3-4-5-6-7-8-9-10-17(11-13(15)16)12-14(18)19;/h13H,2-12,15-16H2,1H3,(H,18,19);/q;+1/p-1. The van der Waals surface area contributed by atoms with E-state index in [0.29, 0.717) is 6.54 Å². The molecule has 0 bridgehead atoms. The summed E-state index contributed by atoms with van der Waals surface area (Å²) in [6, 6.07) is 0. The van der Waals surface area contributed by atoms with Crippen LogP contribution >= 0.6 is 0 Å².